The quantitative estimate of drug-likeness (QED) is 0.757. The molecular weight excluding hydrogens is 228 g/mol. The van der Waals surface area contributed by atoms with Crippen molar-refractivity contribution in [3.8, 4) is 0 Å². The summed E-state index contributed by atoms with van der Waals surface area (Å²) in [5.74, 6) is -0.801. The number of carbonyl (C=O) groups is 1. The molecule has 1 heterocycles. The van der Waals surface area contributed by atoms with Gasteiger partial charge in [0.1, 0.15) is 0 Å². The van der Waals surface area contributed by atoms with Gasteiger partial charge in [0.15, 0.2) is 5.69 Å². The van der Waals surface area contributed by atoms with Gasteiger partial charge >= 0.3 is 5.97 Å². The Hall–Kier alpha value is -1.23. The molecule has 15 heavy (non-hydrogen) atoms. The molecule has 1 aromatic heterocycles. The molecule has 1 aromatic rings. The molecule has 0 saturated heterocycles. The zero-order chi connectivity index (χ0) is 11.4. The Labute approximate surface area is 90.0 Å². The lowest BCUT2D eigenvalue weighted by Gasteiger charge is -2.06. The predicted octanol–water partition coefficient (Wildman–Crippen LogP) is 2.85. The smallest absolute Gasteiger partial charge is 0.358 e. The van der Waals surface area contributed by atoms with Crippen LogP contribution < -0.4 is 0 Å². The lowest BCUT2D eigenvalue weighted by molar-refractivity contribution is 0.0519. The maximum atomic E-state index is 12.4. The second-order valence-corrected chi connectivity index (χ2v) is 2.96. The van der Waals surface area contributed by atoms with Crippen molar-refractivity contribution in [1.29, 1.82) is 0 Å². The average molecular weight is 236 g/mol. The molecule has 0 bridgehead atoms. The molecule has 0 amide bonds. The Kier molecular flexibility index (Phi) is 3.96. The fourth-order valence-electron chi connectivity index (χ4n) is 0.969. The number of hydrogen-bond donors (Lipinski definition) is 0. The first-order valence-corrected chi connectivity index (χ1v) is 4.55. The van der Waals surface area contributed by atoms with Crippen LogP contribution in [0.2, 0.25) is 5.02 Å². The highest BCUT2D eigenvalue weighted by Gasteiger charge is 2.20. The van der Waals surface area contributed by atoms with E-state index in [1.54, 1.807) is 6.92 Å². The van der Waals surface area contributed by atoms with Crippen molar-refractivity contribution >= 4 is 17.6 Å². The molecule has 0 saturated carbocycles. The van der Waals surface area contributed by atoms with Crippen LogP contribution in [0.15, 0.2) is 12.3 Å². The van der Waals surface area contributed by atoms with E-state index in [4.69, 9.17) is 11.6 Å². The molecule has 0 atom stereocenters. The Morgan fingerprint density at radius 2 is 2.33 bits per heavy atom. The molecular formula is C9H8ClF2NO2. The fourth-order valence-corrected chi connectivity index (χ4v) is 1.24. The lowest BCUT2D eigenvalue weighted by Crippen LogP contribution is -2.09. The third-order valence-electron chi connectivity index (χ3n) is 1.62. The highest BCUT2D eigenvalue weighted by atomic mass is 35.5. The number of esters is 1. The van der Waals surface area contributed by atoms with E-state index in [1.165, 1.54) is 0 Å². The second-order valence-electron chi connectivity index (χ2n) is 2.58. The van der Waals surface area contributed by atoms with Crippen LogP contribution >= 0.6 is 11.6 Å². The second kappa shape index (κ2) is 5.02. The molecule has 0 spiro atoms. The van der Waals surface area contributed by atoms with Gasteiger partial charge in [-0.1, -0.05) is 11.6 Å². The monoisotopic (exact) mass is 235 g/mol. The Morgan fingerprint density at radius 3 is 2.87 bits per heavy atom. The molecule has 82 valence electrons. The van der Waals surface area contributed by atoms with Crippen LogP contribution in [0.4, 0.5) is 8.78 Å². The Balaban J connectivity index is 3.09. The molecule has 0 radical (unpaired) electrons. The summed E-state index contributed by atoms with van der Waals surface area (Å²) in [4.78, 5) is 14.8. The largest absolute Gasteiger partial charge is 0.461 e. The molecule has 0 aliphatic carbocycles. The van der Waals surface area contributed by atoms with E-state index in [0.29, 0.717) is 0 Å². The van der Waals surface area contributed by atoms with Crippen molar-refractivity contribution < 1.29 is 18.3 Å². The Bertz CT molecular complexity index is 371. The van der Waals surface area contributed by atoms with Gasteiger partial charge in [0, 0.05) is 11.8 Å². The van der Waals surface area contributed by atoms with Crippen molar-refractivity contribution in [3.05, 3.63) is 28.5 Å². The van der Waals surface area contributed by atoms with Crippen LogP contribution in [-0.2, 0) is 4.74 Å². The third-order valence-corrected chi connectivity index (χ3v) is 2.02. The van der Waals surface area contributed by atoms with E-state index in [1.807, 2.05) is 0 Å². The number of pyridine rings is 1. The van der Waals surface area contributed by atoms with E-state index in [-0.39, 0.29) is 17.3 Å². The first kappa shape index (κ1) is 11.8. The van der Waals surface area contributed by atoms with Gasteiger partial charge in [-0.15, -0.1) is 0 Å². The maximum Gasteiger partial charge on any atom is 0.358 e. The number of alkyl halides is 2. The van der Waals surface area contributed by atoms with Crippen molar-refractivity contribution in [2.75, 3.05) is 6.61 Å². The van der Waals surface area contributed by atoms with Gasteiger partial charge in [-0.05, 0) is 13.0 Å². The van der Waals surface area contributed by atoms with Gasteiger partial charge in [-0.25, -0.2) is 18.6 Å². The summed E-state index contributed by atoms with van der Waals surface area (Å²) in [6.07, 6.45) is -1.65. The number of aromatic nitrogens is 1. The van der Waals surface area contributed by atoms with Gasteiger partial charge in [0.2, 0.25) is 0 Å². The zero-order valence-corrected chi connectivity index (χ0v) is 8.59. The normalized spacial score (nSPS) is 10.5. The van der Waals surface area contributed by atoms with Crippen LogP contribution in [0.3, 0.4) is 0 Å². The van der Waals surface area contributed by atoms with Crippen LogP contribution in [0.25, 0.3) is 0 Å². The molecule has 0 N–H and O–H groups in total. The summed E-state index contributed by atoms with van der Waals surface area (Å²) in [5.41, 5.74) is -0.703. The van der Waals surface area contributed by atoms with Crippen LogP contribution in [-0.4, -0.2) is 17.6 Å². The van der Waals surface area contributed by atoms with E-state index in [0.717, 1.165) is 12.3 Å². The standard InChI is InChI=1S/C9H8ClF2NO2/c1-2-15-9(14)7-6(10)5(8(11)12)3-4-13-7/h3-4,8H,2H2,1H3. The van der Waals surface area contributed by atoms with Gasteiger partial charge in [0.25, 0.3) is 6.43 Å². The van der Waals surface area contributed by atoms with Crippen LogP contribution in [0.1, 0.15) is 29.4 Å². The number of rotatable bonds is 3. The SMILES string of the molecule is CCOC(=O)c1nccc(C(F)F)c1Cl. The highest BCUT2D eigenvalue weighted by molar-refractivity contribution is 6.34. The third kappa shape index (κ3) is 2.62. The molecule has 0 aromatic carbocycles. The number of hydrogen-bond acceptors (Lipinski definition) is 3. The summed E-state index contributed by atoms with van der Waals surface area (Å²) in [7, 11) is 0. The molecule has 6 heteroatoms. The number of carbonyl (C=O) groups excluding carboxylic acids is 1. The zero-order valence-electron chi connectivity index (χ0n) is 7.84. The van der Waals surface area contributed by atoms with Gasteiger partial charge in [0.05, 0.1) is 11.6 Å². The van der Waals surface area contributed by atoms with Gasteiger partial charge in [-0.3, -0.25) is 0 Å². The first-order chi connectivity index (χ1) is 7.07. The minimum atomic E-state index is -2.74. The summed E-state index contributed by atoms with van der Waals surface area (Å²) >= 11 is 5.59. The summed E-state index contributed by atoms with van der Waals surface area (Å²) in [6, 6.07) is 1.07. The molecule has 0 aliphatic heterocycles. The topological polar surface area (TPSA) is 39.2 Å². The fraction of sp³-hybridized carbons (Fsp3) is 0.333. The van der Waals surface area contributed by atoms with Crippen LogP contribution in [0, 0.1) is 0 Å². The van der Waals surface area contributed by atoms with E-state index >= 15 is 0 Å². The molecule has 3 nitrogen and oxygen atoms in total. The number of nitrogens with zero attached hydrogens (tertiary/aromatic N) is 1. The van der Waals surface area contributed by atoms with Crippen molar-refractivity contribution in [2.45, 2.75) is 13.3 Å². The number of halogens is 3. The van der Waals surface area contributed by atoms with Gasteiger partial charge in [-0.2, -0.15) is 0 Å². The summed E-state index contributed by atoms with van der Waals surface area (Å²) in [5, 5.41) is -0.356. The first-order valence-electron chi connectivity index (χ1n) is 4.17. The molecule has 0 aliphatic rings. The van der Waals surface area contributed by atoms with E-state index in [9.17, 15) is 13.6 Å². The van der Waals surface area contributed by atoms with Gasteiger partial charge < -0.3 is 4.74 Å². The predicted molar refractivity (Wildman–Crippen MR) is 50.2 cm³/mol. The van der Waals surface area contributed by atoms with Crippen molar-refractivity contribution in [2.24, 2.45) is 0 Å². The molecule has 0 fully saturated rings. The van der Waals surface area contributed by atoms with Crippen molar-refractivity contribution in [3.63, 3.8) is 0 Å². The maximum absolute atomic E-state index is 12.4. The average Bonchev–Trinajstić information content (AvgIpc) is 2.17. The number of ether oxygens (including phenoxy) is 1. The van der Waals surface area contributed by atoms with E-state index in [2.05, 4.69) is 9.72 Å². The minimum absolute atomic E-state index is 0.135. The van der Waals surface area contributed by atoms with Crippen LogP contribution in [0.5, 0.6) is 0 Å². The summed E-state index contributed by atoms with van der Waals surface area (Å²) in [6.45, 7) is 1.73. The minimum Gasteiger partial charge on any atom is -0.461 e. The van der Waals surface area contributed by atoms with E-state index < -0.39 is 18.0 Å². The highest BCUT2D eigenvalue weighted by Crippen LogP contribution is 2.28. The Morgan fingerprint density at radius 1 is 1.67 bits per heavy atom. The van der Waals surface area contributed by atoms with Crippen molar-refractivity contribution in [1.82, 2.24) is 4.98 Å². The molecule has 0 unspecified atom stereocenters. The lowest BCUT2D eigenvalue weighted by atomic mass is 10.2. The molecule has 1 rings (SSSR count). The summed E-state index contributed by atoms with van der Waals surface area (Å²) < 4.78 is 29.4.